The summed E-state index contributed by atoms with van der Waals surface area (Å²) in [6.07, 6.45) is -9.31. The average Bonchev–Trinajstić information content (AvgIpc) is 3.02. The van der Waals surface area contributed by atoms with Crippen LogP contribution in [0.2, 0.25) is 0 Å². The van der Waals surface area contributed by atoms with Crippen molar-refractivity contribution in [3.05, 3.63) is 71.4 Å². The van der Waals surface area contributed by atoms with Crippen LogP contribution in [0.25, 0.3) is 0 Å². The molecule has 1 aromatic heterocycles. The molecule has 2 N–H and O–H groups in total. The Morgan fingerprint density at radius 1 is 0.900 bits per heavy atom. The summed E-state index contributed by atoms with van der Waals surface area (Å²) in [5.41, 5.74) is -2.41. The number of alkyl halides is 6. The zero-order valence-corrected chi connectivity index (χ0v) is 15.3. The number of carbonyl (C=O) groups excluding carboxylic acids is 1. The molecule has 0 atom stereocenters. The van der Waals surface area contributed by atoms with Crippen LogP contribution in [0.1, 0.15) is 21.6 Å². The molecule has 0 unspecified atom stereocenters. The highest BCUT2D eigenvalue weighted by Gasteiger charge is 2.35. The first-order valence-electron chi connectivity index (χ1n) is 8.41. The number of aryl methyl sites for hydroxylation is 1. The van der Waals surface area contributed by atoms with E-state index >= 15 is 0 Å². The SMILES string of the molecule is Cn1nc(C(F)(F)F)cc1NC(=O)c1ccccc1Nc1ccccc1C(F)(F)F. The van der Waals surface area contributed by atoms with Crippen molar-refractivity contribution in [3.63, 3.8) is 0 Å². The number of halogens is 6. The van der Waals surface area contributed by atoms with Crippen LogP contribution in [-0.2, 0) is 19.4 Å². The fourth-order valence-electron chi connectivity index (χ4n) is 2.68. The van der Waals surface area contributed by atoms with Gasteiger partial charge in [0.1, 0.15) is 5.82 Å². The highest BCUT2D eigenvalue weighted by atomic mass is 19.4. The lowest BCUT2D eigenvalue weighted by molar-refractivity contribution is -0.141. The third kappa shape index (κ3) is 4.56. The van der Waals surface area contributed by atoms with Gasteiger partial charge in [0.2, 0.25) is 0 Å². The van der Waals surface area contributed by atoms with Gasteiger partial charge in [-0.05, 0) is 24.3 Å². The van der Waals surface area contributed by atoms with Gasteiger partial charge in [-0.1, -0.05) is 24.3 Å². The molecule has 11 heteroatoms. The molecule has 0 spiro atoms. The summed E-state index contributed by atoms with van der Waals surface area (Å²) in [5, 5.41) is 8.16. The topological polar surface area (TPSA) is 59.0 Å². The van der Waals surface area contributed by atoms with Gasteiger partial charge >= 0.3 is 12.4 Å². The number of nitrogens with zero attached hydrogens (tertiary/aromatic N) is 2. The number of benzene rings is 2. The lowest BCUT2D eigenvalue weighted by Crippen LogP contribution is -2.16. The predicted molar refractivity (Wildman–Crippen MR) is 97.3 cm³/mol. The van der Waals surface area contributed by atoms with Crippen LogP contribution in [-0.4, -0.2) is 15.7 Å². The molecule has 0 aliphatic heterocycles. The van der Waals surface area contributed by atoms with Crippen molar-refractivity contribution >= 4 is 23.1 Å². The molecule has 2 aromatic carbocycles. The molecule has 0 saturated heterocycles. The molecule has 5 nitrogen and oxygen atoms in total. The van der Waals surface area contributed by atoms with E-state index < -0.39 is 29.5 Å². The van der Waals surface area contributed by atoms with Crippen LogP contribution in [0, 0.1) is 0 Å². The molecular formula is C19H14F6N4O. The van der Waals surface area contributed by atoms with E-state index in [1.54, 1.807) is 0 Å². The molecule has 0 bridgehead atoms. The maximum absolute atomic E-state index is 13.2. The van der Waals surface area contributed by atoms with Gasteiger partial charge < -0.3 is 10.6 Å². The molecule has 0 aliphatic carbocycles. The van der Waals surface area contributed by atoms with Crippen LogP contribution in [0.5, 0.6) is 0 Å². The summed E-state index contributed by atoms with van der Waals surface area (Å²) in [6, 6.07) is 11.1. The second kappa shape index (κ2) is 7.73. The minimum absolute atomic E-state index is 0.0462. The van der Waals surface area contributed by atoms with E-state index in [0.29, 0.717) is 6.07 Å². The molecule has 3 aromatic rings. The molecule has 0 radical (unpaired) electrons. The highest BCUT2D eigenvalue weighted by molar-refractivity contribution is 6.08. The minimum Gasteiger partial charge on any atom is -0.354 e. The van der Waals surface area contributed by atoms with E-state index in [1.807, 2.05) is 0 Å². The smallest absolute Gasteiger partial charge is 0.354 e. The zero-order chi connectivity index (χ0) is 22.1. The molecule has 1 heterocycles. The largest absolute Gasteiger partial charge is 0.435 e. The van der Waals surface area contributed by atoms with E-state index in [9.17, 15) is 31.1 Å². The molecule has 0 fully saturated rings. The summed E-state index contributed by atoms with van der Waals surface area (Å²) in [5.74, 6) is -1.04. The third-order valence-corrected chi connectivity index (χ3v) is 4.09. The standard InChI is InChI=1S/C19H14F6N4O/c1-29-16(10-15(28-29)19(23,24)25)27-17(30)11-6-2-4-8-13(11)26-14-9-5-3-7-12(14)18(20,21)22/h2-10,26H,1H3,(H,27,30). The highest BCUT2D eigenvalue weighted by Crippen LogP contribution is 2.36. The normalized spacial score (nSPS) is 12.0. The number of anilines is 3. The van der Waals surface area contributed by atoms with E-state index in [4.69, 9.17) is 0 Å². The Balaban J connectivity index is 1.90. The number of rotatable bonds is 4. The lowest BCUT2D eigenvalue weighted by Gasteiger charge is -2.16. The van der Waals surface area contributed by atoms with Crippen molar-refractivity contribution in [2.24, 2.45) is 7.05 Å². The summed E-state index contributed by atoms with van der Waals surface area (Å²) in [6.45, 7) is 0. The van der Waals surface area contributed by atoms with Crippen molar-refractivity contribution in [2.45, 2.75) is 12.4 Å². The van der Waals surface area contributed by atoms with Gasteiger partial charge in [0.05, 0.1) is 22.5 Å². The van der Waals surface area contributed by atoms with E-state index in [2.05, 4.69) is 15.7 Å². The Kier molecular flexibility index (Phi) is 5.47. The number of hydrogen-bond donors (Lipinski definition) is 2. The number of hydrogen-bond acceptors (Lipinski definition) is 3. The molecule has 158 valence electrons. The second-order valence-electron chi connectivity index (χ2n) is 6.20. The number of nitrogens with one attached hydrogen (secondary N) is 2. The zero-order valence-electron chi connectivity index (χ0n) is 15.3. The Labute approximate surface area is 166 Å². The number of carbonyl (C=O) groups is 1. The average molecular weight is 428 g/mol. The minimum atomic E-state index is -4.69. The van der Waals surface area contributed by atoms with Crippen molar-refractivity contribution in [2.75, 3.05) is 10.6 Å². The Morgan fingerprint density at radius 3 is 2.10 bits per heavy atom. The first-order chi connectivity index (χ1) is 14.0. The van der Waals surface area contributed by atoms with E-state index in [-0.39, 0.29) is 22.8 Å². The van der Waals surface area contributed by atoms with E-state index in [1.165, 1.54) is 49.5 Å². The van der Waals surface area contributed by atoms with Gasteiger partial charge in [0.15, 0.2) is 5.69 Å². The Morgan fingerprint density at radius 2 is 1.50 bits per heavy atom. The first kappa shape index (κ1) is 21.2. The maximum Gasteiger partial charge on any atom is 0.435 e. The van der Waals surface area contributed by atoms with E-state index in [0.717, 1.165) is 10.7 Å². The van der Waals surface area contributed by atoms with Gasteiger partial charge in [-0.3, -0.25) is 9.48 Å². The van der Waals surface area contributed by atoms with Crippen LogP contribution in [0.3, 0.4) is 0 Å². The third-order valence-electron chi connectivity index (χ3n) is 4.09. The number of para-hydroxylation sites is 2. The monoisotopic (exact) mass is 428 g/mol. The second-order valence-corrected chi connectivity index (χ2v) is 6.20. The van der Waals surface area contributed by atoms with Gasteiger partial charge in [-0.25, -0.2) is 0 Å². The molecule has 1 amide bonds. The van der Waals surface area contributed by atoms with Crippen molar-refractivity contribution in [1.82, 2.24) is 9.78 Å². The number of aromatic nitrogens is 2. The van der Waals surface area contributed by atoms with Crippen molar-refractivity contribution in [3.8, 4) is 0 Å². The van der Waals surface area contributed by atoms with Crippen molar-refractivity contribution in [1.29, 1.82) is 0 Å². The van der Waals surface area contributed by atoms with Crippen molar-refractivity contribution < 1.29 is 31.1 Å². The summed E-state index contributed by atoms with van der Waals surface area (Å²) < 4.78 is 78.9. The van der Waals surface area contributed by atoms with Crippen LogP contribution >= 0.6 is 0 Å². The fraction of sp³-hybridized carbons (Fsp3) is 0.158. The summed E-state index contributed by atoms with van der Waals surface area (Å²) >= 11 is 0. The maximum atomic E-state index is 13.2. The predicted octanol–water partition coefficient (Wildman–Crippen LogP) is 5.45. The van der Waals surface area contributed by atoms with Gasteiger partial charge in [0.25, 0.3) is 5.91 Å². The molecule has 0 aliphatic rings. The quantitative estimate of drug-likeness (QED) is 0.543. The fourth-order valence-corrected chi connectivity index (χ4v) is 2.68. The summed E-state index contributed by atoms with van der Waals surface area (Å²) in [7, 11) is 1.22. The van der Waals surface area contributed by atoms with Gasteiger partial charge in [0, 0.05) is 13.1 Å². The molecular weight excluding hydrogens is 414 g/mol. The van der Waals surface area contributed by atoms with Crippen LogP contribution in [0.15, 0.2) is 54.6 Å². The van der Waals surface area contributed by atoms with Gasteiger partial charge in [-0.15, -0.1) is 0 Å². The lowest BCUT2D eigenvalue weighted by atomic mass is 10.1. The number of amides is 1. The molecule has 3 rings (SSSR count). The van der Waals surface area contributed by atoms with Crippen LogP contribution in [0.4, 0.5) is 43.5 Å². The first-order valence-corrected chi connectivity index (χ1v) is 8.41. The Hall–Kier alpha value is -3.50. The molecule has 0 saturated carbocycles. The van der Waals surface area contributed by atoms with Crippen LogP contribution < -0.4 is 10.6 Å². The summed E-state index contributed by atoms with van der Waals surface area (Å²) in [4.78, 5) is 12.6. The Bertz CT molecular complexity index is 1070. The van der Waals surface area contributed by atoms with Gasteiger partial charge in [-0.2, -0.15) is 31.4 Å². The molecule has 30 heavy (non-hydrogen) atoms.